The Labute approximate surface area is 157 Å². The van der Waals surface area contributed by atoms with Gasteiger partial charge in [0.15, 0.2) is 5.16 Å². The molecule has 1 aromatic heterocycles. The summed E-state index contributed by atoms with van der Waals surface area (Å²) in [6.07, 6.45) is 3.14. The molecule has 5 aliphatic rings. The van der Waals surface area contributed by atoms with Gasteiger partial charge in [0.2, 0.25) is 5.91 Å². The third-order valence-corrected chi connectivity index (χ3v) is 7.32. The van der Waals surface area contributed by atoms with Crippen LogP contribution in [-0.4, -0.2) is 76.3 Å². The molecule has 1 N–H and O–H groups in total. The summed E-state index contributed by atoms with van der Waals surface area (Å²) >= 11 is 1.61. The van der Waals surface area contributed by atoms with Crippen LogP contribution in [-0.2, 0) is 17.6 Å². The molecule has 1 aromatic rings. The van der Waals surface area contributed by atoms with E-state index >= 15 is 0 Å². The monoisotopic (exact) mass is 375 g/mol. The molecule has 3 saturated heterocycles. The van der Waals surface area contributed by atoms with E-state index in [1.54, 1.807) is 16.3 Å². The van der Waals surface area contributed by atoms with Crippen LogP contribution in [0.25, 0.3) is 0 Å². The minimum atomic E-state index is -0.0623. The van der Waals surface area contributed by atoms with Gasteiger partial charge >= 0.3 is 0 Å². The molecular weight excluding hydrogens is 350 g/mol. The van der Waals surface area contributed by atoms with Gasteiger partial charge in [0, 0.05) is 63.0 Å². The zero-order valence-electron chi connectivity index (χ0n) is 14.9. The van der Waals surface area contributed by atoms with Crippen molar-refractivity contribution in [3.05, 3.63) is 21.6 Å². The number of hydrogen-bond donors (Lipinski definition) is 1. The van der Waals surface area contributed by atoms with Crippen LogP contribution in [0.5, 0.6) is 0 Å². The van der Waals surface area contributed by atoms with Crippen LogP contribution in [0.3, 0.4) is 0 Å². The number of aryl methyl sites for hydroxylation is 1. The number of amides is 1. The topological polar surface area (TPSA) is 70.5 Å². The second-order valence-corrected chi connectivity index (χ2v) is 8.80. The van der Waals surface area contributed by atoms with Gasteiger partial charge < -0.3 is 5.32 Å². The number of nitrogens with zero attached hydrogens (tertiary/aromatic N) is 4. The number of hydrogen-bond acceptors (Lipinski definition) is 6. The van der Waals surface area contributed by atoms with Gasteiger partial charge in [0.1, 0.15) is 0 Å². The van der Waals surface area contributed by atoms with Gasteiger partial charge in [-0.2, -0.15) is 0 Å². The van der Waals surface area contributed by atoms with Crippen LogP contribution >= 0.6 is 11.8 Å². The first kappa shape index (κ1) is 16.8. The second-order valence-electron chi connectivity index (χ2n) is 7.81. The van der Waals surface area contributed by atoms with Crippen molar-refractivity contribution < 1.29 is 4.79 Å². The predicted molar refractivity (Wildman–Crippen MR) is 99.7 cm³/mol. The van der Waals surface area contributed by atoms with E-state index in [-0.39, 0.29) is 17.5 Å². The molecule has 0 aromatic carbocycles. The summed E-state index contributed by atoms with van der Waals surface area (Å²) in [5.41, 5.74) is 1.95. The Morgan fingerprint density at radius 1 is 1.19 bits per heavy atom. The maximum Gasteiger partial charge on any atom is 0.257 e. The van der Waals surface area contributed by atoms with E-state index in [0.717, 1.165) is 74.2 Å². The average Bonchev–Trinajstić information content (AvgIpc) is 3.29. The molecule has 2 bridgehead atoms. The molecule has 3 fully saturated rings. The molecule has 0 saturated carbocycles. The van der Waals surface area contributed by atoms with E-state index in [1.165, 1.54) is 0 Å². The van der Waals surface area contributed by atoms with Crippen LogP contribution in [0.2, 0.25) is 0 Å². The summed E-state index contributed by atoms with van der Waals surface area (Å²) in [6.45, 7) is 6.29. The number of thioether (sulfide) groups is 1. The van der Waals surface area contributed by atoms with E-state index in [4.69, 9.17) is 0 Å². The summed E-state index contributed by atoms with van der Waals surface area (Å²) in [4.78, 5) is 35.0. The highest BCUT2D eigenvalue weighted by Crippen LogP contribution is 2.33. The third kappa shape index (κ3) is 2.88. The summed E-state index contributed by atoms with van der Waals surface area (Å²) in [5, 5.41) is 3.92. The Morgan fingerprint density at radius 2 is 2.04 bits per heavy atom. The molecule has 0 spiro atoms. The molecule has 2 atom stereocenters. The molecule has 1 aliphatic carbocycles. The zero-order valence-corrected chi connectivity index (χ0v) is 15.8. The van der Waals surface area contributed by atoms with Gasteiger partial charge in [-0.1, -0.05) is 11.8 Å². The molecule has 8 heteroatoms. The summed E-state index contributed by atoms with van der Waals surface area (Å²) < 4.78 is 1.78. The highest BCUT2D eigenvalue weighted by atomic mass is 32.2. The Hall–Kier alpha value is -1.38. The fraction of sp³-hybridized carbons (Fsp3) is 0.722. The average molecular weight is 375 g/mol. The SMILES string of the molecule is O=C(CC1CSc2nc3c(c(=O)n21)CCC3)NCC1CN2CCN1CC2. The van der Waals surface area contributed by atoms with Gasteiger partial charge in [-0.15, -0.1) is 0 Å². The lowest BCUT2D eigenvalue weighted by Crippen LogP contribution is -2.63. The van der Waals surface area contributed by atoms with Gasteiger partial charge in [-0.3, -0.25) is 24.0 Å². The van der Waals surface area contributed by atoms with Gasteiger partial charge in [0.05, 0.1) is 11.7 Å². The number of rotatable bonds is 4. The number of nitrogens with one attached hydrogen (secondary N) is 1. The van der Waals surface area contributed by atoms with Gasteiger partial charge in [-0.25, -0.2) is 4.98 Å². The highest BCUT2D eigenvalue weighted by molar-refractivity contribution is 7.99. The van der Waals surface area contributed by atoms with Crippen molar-refractivity contribution in [2.75, 3.05) is 45.0 Å². The standard InChI is InChI=1S/C18H25N5O2S/c24-16(19-9-13-10-21-4-6-22(13)7-5-21)8-12-11-26-18-20-15-3-1-2-14(15)17(25)23(12)18/h12-13H,1-11H2,(H,19,24). The molecule has 6 rings (SSSR count). The maximum absolute atomic E-state index is 12.8. The van der Waals surface area contributed by atoms with Gasteiger partial charge in [0.25, 0.3) is 5.56 Å². The van der Waals surface area contributed by atoms with Crippen molar-refractivity contribution in [1.82, 2.24) is 24.7 Å². The van der Waals surface area contributed by atoms with E-state index in [2.05, 4.69) is 20.1 Å². The minimum absolute atomic E-state index is 0.0495. The van der Waals surface area contributed by atoms with Crippen LogP contribution in [0.15, 0.2) is 9.95 Å². The molecule has 1 amide bonds. The molecule has 5 heterocycles. The lowest BCUT2D eigenvalue weighted by molar-refractivity contribution is -0.122. The Morgan fingerprint density at radius 3 is 2.81 bits per heavy atom. The largest absolute Gasteiger partial charge is 0.354 e. The van der Waals surface area contributed by atoms with E-state index < -0.39 is 0 Å². The Balaban J connectivity index is 1.23. The number of carbonyl (C=O) groups is 1. The van der Waals surface area contributed by atoms with Crippen LogP contribution in [0.4, 0.5) is 0 Å². The van der Waals surface area contributed by atoms with E-state index in [0.29, 0.717) is 19.0 Å². The van der Waals surface area contributed by atoms with Crippen molar-refractivity contribution in [2.45, 2.75) is 42.9 Å². The fourth-order valence-electron chi connectivity index (χ4n) is 4.74. The molecule has 2 unspecified atom stereocenters. The first-order valence-corrected chi connectivity index (χ1v) is 10.7. The number of piperazine rings is 3. The van der Waals surface area contributed by atoms with Crippen molar-refractivity contribution in [1.29, 1.82) is 0 Å². The predicted octanol–water partition coefficient (Wildman–Crippen LogP) is -0.115. The van der Waals surface area contributed by atoms with Crippen molar-refractivity contribution in [2.24, 2.45) is 0 Å². The molecule has 0 radical (unpaired) electrons. The van der Waals surface area contributed by atoms with Crippen LogP contribution in [0, 0.1) is 0 Å². The third-order valence-electron chi connectivity index (χ3n) is 6.22. The van der Waals surface area contributed by atoms with Crippen LogP contribution < -0.4 is 10.9 Å². The lowest BCUT2D eigenvalue weighted by Gasteiger charge is -2.47. The number of fused-ring (bicyclic) bond motifs is 5. The Bertz CT molecular complexity index is 787. The molecule has 4 aliphatic heterocycles. The number of carbonyl (C=O) groups excluding carboxylic acids is 1. The smallest absolute Gasteiger partial charge is 0.257 e. The summed E-state index contributed by atoms with van der Waals surface area (Å²) in [5.74, 6) is 0.815. The Kier molecular flexibility index (Phi) is 4.29. The molecule has 7 nitrogen and oxygen atoms in total. The summed E-state index contributed by atoms with van der Waals surface area (Å²) in [7, 11) is 0. The van der Waals surface area contributed by atoms with E-state index in [1.807, 2.05) is 0 Å². The minimum Gasteiger partial charge on any atom is -0.354 e. The van der Waals surface area contributed by atoms with Crippen LogP contribution in [0.1, 0.15) is 30.1 Å². The normalized spacial score (nSPS) is 31.7. The number of aromatic nitrogens is 2. The highest BCUT2D eigenvalue weighted by Gasteiger charge is 2.33. The molecular formula is C18H25N5O2S. The second kappa shape index (κ2) is 6.65. The van der Waals surface area contributed by atoms with Crippen molar-refractivity contribution in [3.8, 4) is 0 Å². The van der Waals surface area contributed by atoms with E-state index in [9.17, 15) is 9.59 Å². The maximum atomic E-state index is 12.8. The first-order valence-electron chi connectivity index (χ1n) is 9.69. The fourth-order valence-corrected chi connectivity index (χ4v) is 5.89. The van der Waals surface area contributed by atoms with Crippen molar-refractivity contribution >= 4 is 17.7 Å². The zero-order chi connectivity index (χ0) is 17.7. The molecule has 140 valence electrons. The first-order chi connectivity index (χ1) is 12.7. The van der Waals surface area contributed by atoms with Crippen molar-refractivity contribution in [3.63, 3.8) is 0 Å². The molecule has 26 heavy (non-hydrogen) atoms. The lowest BCUT2D eigenvalue weighted by atomic mass is 10.1. The summed E-state index contributed by atoms with van der Waals surface area (Å²) in [6, 6.07) is 0.368. The quantitative estimate of drug-likeness (QED) is 0.741. The van der Waals surface area contributed by atoms with Gasteiger partial charge in [-0.05, 0) is 19.3 Å².